The summed E-state index contributed by atoms with van der Waals surface area (Å²) in [5, 5.41) is 13.0. The normalized spacial score (nSPS) is 12.8. The molecule has 0 atom stereocenters. The Labute approximate surface area is 191 Å². The van der Waals surface area contributed by atoms with Crippen LogP contribution >= 0.6 is 0 Å². The summed E-state index contributed by atoms with van der Waals surface area (Å²) in [6, 6.07) is 22.0. The van der Waals surface area contributed by atoms with Crippen molar-refractivity contribution in [3.63, 3.8) is 0 Å². The van der Waals surface area contributed by atoms with Crippen molar-refractivity contribution in [1.82, 2.24) is 20.2 Å². The highest BCUT2D eigenvalue weighted by atomic mass is 16.3. The van der Waals surface area contributed by atoms with Gasteiger partial charge in [-0.3, -0.25) is 4.79 Å². The summed E-state index contributed by atoms with van der Waals surface area (Å²) in [5.41, 5.74) is 12.4. The highest BCUT2D eigenvalue weighted by Gasteiger charge is 2.27. The summed E-state index contributed by atoms with van der Waals surface area (Å²) in [4.78, 5) is 24.0. The van der Waals surface area contributed by atoms with E-state index in [1.54, 1.807) is 4.90 Å². The number of anilines is 1. The number of nitrogens with zero attached hydrogens (tertiary/aromatic N) is 3. The number of aliphatic hydroxyl groups excluding tert-OH is 1. The van der Waals surface area contributed by atoms with Crippen molar-refractivity contribution in [2.45, 2.75) is 19.6 Å². The predicted molar refractivity (Wildman–Crippen MR) is 128 cm³/mol. The Kier molecular flexibility index (Phi) is 5.73. The molecular formula is C26H25N5O2. The minimum absolute atomic E-state index is 0.0861. The molecule has 1 amide bonds. The number of nitrogen functional groups attached to an aromatic ring is 1. The highest BCUT2D eigenvalue weighted by molar-refractivity contribution is 6.05. The van der Waals surface area contributed by atoms with Crippen LogP contribution in [0.4, 0.5) is 5.95 Å². The Morgan fingerprint density at radius 1 is 1.00 bits per heavy atom. The Bertz CT molecular complexity index is 1310. The van der Waals surface area contributed by atoms with Crippen molar-refractivity contribution in [1.29, 1.82) is 0 Å². The van der Waals surface area contributed by atoms with Gasteiger partial charge in [-0.2, -0.15) is 0 Å². The van der Waals surface area contributed by atoms with E-state index in [2.05, 4.69) is 33.5 Å². The number of amides is 1. The van der Waals surface area contributed by atoms with Gasteiger partial charge in [0.1, 0.15) is 5.69 Å². The predicted octanol–water partition coefficient (Wildman–Crippen LogP) is 3.12. The number of hydrogen-bond acceptors (Lipinski definition) is 6. The van der Waals surface area contributed by atoms with Gasteiger partial charge in [0.2, 0.25) is 5.95 Å². The molecule has 0 radical (unpaired) electrons. The zero-order valence-electron chi connectivity index (χ0n) is 18.2. The number of rotatable bonds is 6. The third-order valence-electron chi connectivity index (χ3n) is 5.98. The largest absolute Gasteiger partial charge is 0.395 e. The Morgan fingerprint density at radius 2 is 1.73 bits per heavy atom. The van der Waals surface area contributed by atoms with Crippen molar-refractivity contribution in [3.05, 3.63) is 89.1 Å². The minimum Gasteiger partial charge on any atom is -0.395 e. The number of carbonyl (C=O) groups is 1. The van der Waals surface area contributed by atoms with Crippen LogP contribution in [0.15, 0.2) is 66.7 Å². The fourth-order valence-electron chi connectivity index (χ4n) is 4.36. The molecule has 0 fully saturated rings. The first kappa shape index (κ1) is 21.1. The number of benzene rings is 3. The summed E-state index contributed by atoms with van der Waals surface area (Å²) in [7, 11) is 0. The van der Waals surface area contributed by atoms with E-state index < -0.39 is 0 Å². The van der Waals surface area contributed by atoms with E-state index in [0.29, 0.717) is 42.8 Å². The van der Waals surface area contributed by atoms with Crippen LogP contribution in [0.1, 0.15) is 27.2 Å². The van der Waals surface area contributed by atoms with Crippen molar-refractivity contribution in [3.8, 4) is 11.1 Å². The monoisotopic (exact) mass is 439 g/mol. The van der Waals surface area contributed by atoms with Crippen LogP contribution in [0, 0.1) is 0 Å². The standard InChI is InChI=1S/C26H25N5O2/c27-26-29-23-10-9-17(21-8-4-3-5-18(21)14-28-11-12-32)13-22(23)24(30-26)25(33)31-15-19-6-1-2-7-20(19)16-31/h1-10,13,28,32H,11-12,14-16H2,(H2,27,29,30). The summed E-state index contributed by atoms with van der Waals surface area (Å²) in [6.07, 6.45) is 0. The van der Waals surface area contributed by atoms with Gasteiger partial charge >= 0.3 is 0 Å². The van der Waals surface area contributed by atoms with Gasteiger partial charge in [0.15, 0.2) is 0 Å². The molecule has 1 aromatic heterocycles. The molecule has 3 aromatic carbocycles. The zero-order valence-corrected chi connectivity index (χ0v) is 18.2. The molecule has 0 bridgehead atoms. The number of fused-ring (bicyclic) bond motifs is 2. The van der Waals surface area contributed by atoms with Crippen LogP contribution in [0.25, 0.3) is 22.0 Å². The fourth-order valence-corrected chi connectivity index (χ4v) is 4.36. The highest BCUT2D eigenvalue weighted by Crippen LogP contribution is 2.30. The number of hydrogen-bond donors (Lipinski definition) is 3. The van der Waals surface area contributed by atoms with Gasteiger partial charge in [0.25, 0.3) is 5.91 Å². The maximum absolute atomic E-state index is 13.5. The summed E-state index contributed by atoms with van der Waals surface area (Å²) in [5.74, 6) is -0.0655. The van der Waals surface area contributed by atoms with Gasteiger partial charge in [0.05, 0.1) is 12.1 Å². The van der Waals surface area contributed by atoms with Crippen LogP contribution in [-0.2, 0) is 19.6 Å². The van der Waals surface area contributed by atoms with Crippen LogP contribution in [0.3, 0.4) is 0 Å². The van der Waals surface area contributed by atoms with Gasteiger partial charge in [0, 0.05) is 31.6 Å². The number of aromatic nitrogens is 2. The molecule has 7 nitrogen and oxygen atoms in total. The lowest BCUT2D eigenvalue weighted by Crippen LogP contribution is -2.27. The van der Waals surface area contributed by atoms with Gasteiger partial charge in [-0.1, -0.05) is 54.6 Å². The van der Waals surface area contributed by atoms with E-state index in [1.165, 1.54) is 0 Å². The molecule has 5 rings (SSSR count). The second kappa shape index (κ2) is 8.97. The summed E-state index contributed by atoms with van der Waals surface area (Å²) < 4.78 is 0. The average Bonchev–Trinajstić information content (AvgIpc) is 3.28. The second-order valence-corrected chi connectivity index (χ2v) is 8.15. The van der Waals surface area contributed by atoms with Gasteiger partial charge in [-0.25, -0.2) is 9.97 Å². The van der Waals surface area contributed by atoms with E-state index in [0.717, 1.165) is 27.8 Å². The maximum Gasteiger partial charge on any atom is 0.273 e. The number of nitrogens with one attached hydrogen (secondary N) is 1. The quantitative estimate of drug-likeness (QED) is 0.399. The zero-order chi connectivity index (χ0) is 22.8. The lowest BCUT2D eigenvalue weighted by Gasteiger charge is -2.17. The molecule has 2 heterocycles. The van der Waals surface area contributed by atoms with Crippen molar-refractivity contribution >= 4 is 22.8 Å². The second-order valence-electron chi connectivity index (χ2n) is 8.15. The van der Waals surface area contributed by atoms with E-state index >= 15 is 0 Å². The molecule has 33 heavy (non-hydrogen) atoms. The van der Waals surface area contributed by atoms with E-state index in [9.17, 15) is 4.79 Å². The topological polar surface area (TPSA) is 104 Å². The van der Waals surface area contributed by atoms with Gasteiger partial charge in [-0.05, 0) is 39.9 Å². The average molecular weight is 440 g/mol. The van der Waals surface area contributed by atoms with Crippen molar-refractivity contribution in [2.24, 2.45) is 0 Å². The lowest BCUT2D eigenvalue weighted by molar-refractivity contribution is 0.0747. The van der Waals surface area contributed by atoms with E-state index in [1.807, 2.05) is 48.5 Å². The molecule has 1 aliphatic heterocycles. The van der Waals surface area contributed by atoms with Crippen molar-refractivity contribution in [2.75, 3.05) is 18.9 Å². The Hall–Kier alpha value is -3.81. The van der Waals surface area contributed by atoms with Gasteiger partial charge in [-0.15, -0.1) is 0 Å². The molecule has 0 aliphatic carbocycles. The minimum atomic E-state index is -0.152. The molecule has 4 N–H and O–H groups in total. The Balaban J connectivity index is 1.54. The first-order valence-corrected chi connectivity index (χ1v) is 11.0. The van der Waals surface area contributed by atoms with Crippen LogP contribution < -0.4 is 11.1 Å². The van der Waals surface area contributed by atoms with Crippen LogP contribution in [0.2, 0.25) is 0 Å². The molecule has 4 aromatic rings. The van der Waals surface area contributed by atoms with E-state index in [4.69, 9.17) is 10.8 Å². The van der Waals surface area contributed by atoms with Crippen LogP contribution in [-0.4, -0.2) is 39.0 Å². The van der Waals surface area contributed by atoms with Crippen LogP contribution in [0.5, 0.6) is 0 Å². The molecular weight excluding hydrogens is 414 g/mol. The molecule has 0 saturated heterocycles. The number of carbonyl (C=O) groups excluding carboxylic acids is 1. The third-order valence-corrected chi connectivity index (χ3v) is 5.98. The summed E-state index contributed by atoms with van der Waals surface area (Å²) in [6.45, 7) is 2.35. The first-order chi connectivity index (χ1) is 16.1. The molecule has 7 heteroatoms. The van der Waals surface area contributed by atoms with E-state index in [-0.39, 0.29) is 18.5 Å². The molecule has 1 aliphatic rings. The van der Waals surface area contributed by atoms with Gasteiger partial charge < -0.3 is 21.1 Å². The molecule has 0 unspecified atom stereocenters. The smallest absolute Gasteiger partial charge is 0.273 e. The summed E-state index contributed by atoms with van der Waals surface area (Å²) >= 11 is 0. The first-order valence-electron chi connectivity index (χ1n) is 11.0. The Morgan fingerprint density at radius 3 is 2.48 bits per heavy atom. The van der Waals surface area contributed by atoms with Crippen molar-refractivity contribution < 1.29 is 9.90 Å². The molecule has 0 saturated carbocycles. The lowest BCUT2D eigenvalue weighted by atomic mass is 9.97. The number of aliphatic hydroxyl groups is 1. The third kappa shape index (κ3) is 4.16. The SMILES string of the molecule is Nc1nc(C(=O)N2Cc3ccccc3C2)c2cc(-c3ccccc3CNCCO)ccc2n1. The maximum atomic E-state index is 13.5. The molecule has 166 valence electrons. The number of nitrogens with two attached hydrogens (primary N) is 1. The molecule has 0 spiro atoms. The fraction of sp³-hybridized carbons (Fsp3) is 0.192.